The smallest absolute Gasteiger partial charge is 0.124 e. The minimum atomic E-state index is -0.589. The van der Waals surface area contributed by atoms with Gasteiger partial charge in [-0.3, -0.25) is 0 Å². The maximum Gasteiger partial charge on any atom is 0.124 e. The molecule has 1 atom stereocenters. The average molecular weight is 435 g/mol. The largest absolute Gasteiger partial charge is 0.388 e. The maximum atomic E-state index is 13.0. The van der Waals surface area contributed by atoms with Gasteiger partial charge in [-0.25, -0.2) is 4.39 Å². The van der Waals surface area contributed by atoms with Crippen molar-refractivity contribution in [2.75, 3.05) is 0 Å². The molecule has 1 nitrogen and oxygen atoms in total. The molecule has 0 spiro atoms. The van der Waals surface area contributed by atoms with Crippen LogP contribution in [0.3, 0.4) is 0 Å². The molecule has 2 aromatic rings. The molecule has 2 aromatic carbocycles. The van der Waals surface area contributed by atoms with E-state index in [9.17, 15) is 9.50 Å². The Bertz CT molecular complexity index is 601. The van der Waals surface area contributed by atoms with Crippen LogP contribution in [-0.4, -0.2) is 5.11 Å². The van der Waals surface area contributed by atoms with Crippen LogP contribution in [0, 0.1) is 16.3 Å². The number of aliphatic hydroxyl groups excluding tert-OH is 1. The lowest BCUT2D eigenvalue weighted by Crippen LogP contribution is -2.05. The van der Waals surface area contributed by atoms with Crippen molar-refractivity contribution in [2.45, 2.75) is 19.4 Å². The fraction of sp³-hybridized carbons (Fsp3) is 0.200. The molecule has 2 rings (SSSR count). The maximum absolute atomic E-state index is 13.0. The Labute approximate surface area is 134 Å². The van der Waals surface area contributed by atoms with Crippen molar-refractivity contribution < 1.29 is 9.50 Å². The summed E-state index contributed by atoms with van der Waals surface area (Å²) in [6.07, 6.45) is -0.131. The summed E-state index contributed by atoms with van der Waals surface area (Å²) in [6, 6.07) is 10.4. The van der Waals surface area contributed by atoms with Gasteiger partial charge in [0, 0.05) is 14.5 Å². The second-order valence-electron chi connectivity index (χ2n) is 4.43. The lowest BCUT2D eigenvalue weighted by Gasteiger charge is -2.15. The highest BCUT2D eigenvalue weighted by atomic mass is 127. The number of aryl methyl sites for hydroxylation is 1. The SMILES string of the molecule is Cc1cccc(C(O)Cc2ccc(F)cc2Br)c1I. The zero-order chi connectivity index (χ0) is 14.0. The molecule has 0 bridgehead atoms. The number of hydrogen-bond donors (Lipinski definition) is 1. The van der Waals surface area contributed by atoms with Gasteiger partial charge >= 0.3 is 0 Å². The average Bonchev–Trinajstić information content (AvgIpc) is 2.36. The number of hydrogen-bond acceptors (Lipinski definition) is 1. The Morgan fingerprint density at radius 3 is 2.74 bits per heavy atom. The summed E-state index contributed by atoms with van der Waals surface area (Å²) in [5.74, 6) is -0.282. The second-order valence-corrected chi connectivity index (χ2v) is 6.37. The molecule has 0 amide bonds. The Balaban J connectivity index is 2.25. The van der Waals surface area contributed by atoms with Crippen molar-refractivity contribution >= 4 is 38.5 Å². The number of rotatable bonds is 3. The minimum Gasteiger partial charge on any atom is -0.388 e. The molecule has 0 saturated carbocycles. The van der Waals surface area contributed by atoms with Gasteiger partial charge in [0.15, 0.2) is 0 Å². The first-order valence-electron chi connectivity index (χ1n) is 5.86. The Morgan fingerprint density at radius 1 is 1.32 bits per heavy atom. The van der Waals surface area contributed by atoms with Crippen LogP contribution < -0.4 is 0 Å². The van der Waals surface area contributed by atoms with Crippen LogP contribution in [0.4, 0.5) is 4.39 Å². The van der Waals surface area contributed by atoms with Crippen LogP contribution in [-0.2, 0) is 6.42 Å². The Hall–Kier alpha value is -0.460. The Kier molecular flexibility index (Phi) is 4.97. The van der Waals surface area contributed by atoms with Crippen LogP contribution in [0.1, 0.15) is 22.8 Å². The molecule has 100 valence electrons. The van der Waals surface area contributed by atoms with E-state index in [0.29, 0.717) is 10.9 Å². The molecule has 4 heteroatoms. The molecule has 19 heavy (non-hydrogen) atoms. The lowest BCUT2D eigenvalue weighted by atomic mass is 10.00. The summed E-state index contributed by atoms with van der Waals surface area (Å²) in [5.41, 5.74) is 2.96. The van der Waals surface area contributed by atoms with Gasteiger partial charge in [-0.05, 0) is 58.3 Å². The van der Waals surface area contributed by atoms with Crippen molar-refractivity contribution in [3.8, 4) is 0 Å². The van der Waals surface area contributed by atoms with Gasteiger partial charge < -0.3 is 5.11 Å². The molecular formula is C15H13BrFIO. The Morgan fingerprint density at radius 2 is 2.05 bits per heavy atom. The van der Waals surface area contributed by atoms with E-state index in [0.717, 1.165) is 20.3 Å². The minimum absolute atomic E-state index is 0.282. The summed E-state index contributed by atoms with van der Waals surface area (Å²) < 4.78 is 14.8. The molecule has 0 saturated heterocycles. The molecule has 0 heterocycles. The monoisotopic (exact) mass is 434 g/mol. The van der Waals surface area contributed by atoms with Crippen LogP contribution in [0.2, 0.25) is 0 Å². The van der Waals surface area contributed by atoms with Gasteiger partial charge in [0.25, 0.3) is 0 Å². The van der Waals surface area contributed by atoms with Crippen LogP contribution in [0.25, 0.3) is 0 Å². The van der Waals surface area contributed by atoms with E-state index in [-0.39, 0.29) is 5.82 Å². The topological polar surface area (TPSA) is 20.2 Å². The third-order valence-electron chi connectivity index (χ3n) is 3.01. The molecule has 0 aliphatic carbocycles. The first-order chi connectivity index (χ1) is 8.99. The fourth-order valence-electron chi connectivity index (χ4n) is 1.93. The molecule has 0 fully saturated rings. The predicted molar refractivity (Wildman–Crippen MR) is 86.7 cm³/mol. The fourth-order valence-corrected chi connectivity index (χ4v) is 3.16. The van der Waals surface area contributed by atoms with Crippen molar-refractivity contribution in [2.24, 2.45) is 0 Å². The number of benzene rings is 2. The van der Waals surface area contributed by atoms with Crippen molar-refractivity contribution in [3.05, 3.63) is 66.9 Å². The quantitative estimate of drug-likeness (QED) is 0.689. The van der Waals surface area contributed by atoms with Crippen LogP contribution in [0.5, 0.6) is 0 Å². The van der Waals surface area contributed by atoms with E-state index >= 15 is 0 Å². The summed E-state index contributed by atoms with van der Waals surface area (Å²) in [5, 5.41) is 10.4. The summed E-state index contributed by atoms with van der Waals surface area (Å²) in [7, 11) is 0. The molecule has 0 radical (unpaired) electrons. The molecular weight excluding hydrogens is 422 g/mol. The second kappa shape index (κ2) is 6.33. The number of halogens is 3. The summed E-state index contributed by atoms with van der Waals surface area (Å²) >= 11 is 5.57. The van der Waals surface area contributed by atoms with E-state index in [1.165, 1.54) is 12.1 Å². The van der Waals surface area contributed by atoms with Gasteiger partial charge in [-0.2, -0.15) is 0 Å². The van der Waals surface area contributed by atoms with Gasteiger partial charge in [-0.1, -0.05) is 40.2 Å². The third-order valence-corrected chi connectivity index (χ3v) is 5.22. The normalized spacial score (nSPS) is 12.5. The highest BCUT2D eigenvalue weighted by Gasteiger charge is 2.14. The summed E-state index contributed by atoms with van der Waals surface area (Å²) in [6.45, 7) is 2.02. The number of aliphatic hydroxyl groups is 1. The summed E-state index contributed by atoms with van der Waals surface area (Å²) in [4.78, 5) is 0. The molecule has 0 aliphatic heterocycles. The molecule has 1 N–H and O–H groups in total. The lowest BCUT2D eigenvalue weighted by molar-refractivity contribution is 0.177. The van der Waals surface area contributed by atoms with Gasteiger partial charge in [-0.15, -0.1) is 0 Å². The first kappa shape index (κ1) is 14.9. The molecule has 0 aromatic heterocycles. The highest BCUT2D eigenvalue weighted by molar-refractivity contribution is 14.1. The predicted octanol–water partition coefficient (Wildman–Crippen LogP) is 4.78. The van der Waals surface area contributed by atoms with E-state index in [2.05, 4.69) is 38.5 Å². The van der Waals surface area contributed by atoms with Gasteiger partial charge in [0.1, 0.15) is 5.82 Å². The third kappa shape index (κ3) is 3.55. The van der Waals surface area contributed by atoms with E-state index in [1.54, 1.807) is 6.07 Å². The van der Waals surface area contributed by atoms with E-state index < -0.39 is 6.10 Å². The standard InChI is InChI=1S/C15H13BrFIO/c1-9-3-2-4-12(15(9)18)14(19)7-10-5-6-11(17)8-13(10)16/h2-6,8,14,19H,7H2,1H3. The van der Waals surface area contributed by atoms with E-state index in [1.807, 2.05) is 25.1 Å². The van der Waals surface area contributed by atoms with Crippen LogP contribution in [0.15, 0.2) is 40.9 Å². The zero-order valence-electron chi connectivity index (χ0n) is 10.3. The highest BCUT2D eigenvalue weighted by Crippen LogP contribution is 2.28. The first-order valence-corrected chi connectivity index (χ1v) is 7.73. The van der Waals surface area contributed by atoms with E-state index in [4.69, 9.17) is 0 Å². The van der Waals surface area contributed by atoms with Crippen molar-refractivity contribution in [3.63, 3.8) is 0 Å². The van der Waals surface area contributed by atoms with Gasteiger partial charge in [0.05, 0.1) is 6.10 Å². The van der Waals surface area contributed by atoms with Crippen molar-refractivity contribution in [1.82, 2.24) is 0 Å². The van der Waals surface area contributed by atoms with Crippen LogP contribution >= 0.6 is 38.5 Å². The van der Waals surface area contributed by atoms with Gasteiger partial charge in [0.2, 0.25) is 0 Å². The molecule has 0 aliphatic rings. The zero-order valence-corrected chi connectivity index (χ0v) is 14.1. The van der Waals surface area contributed by atoms with Crippen molar-refractivity contribution in [1.29, 1.82) is 0 Å². The molecule has 1 unspecified atom stereocenters.